The first kappa shape index (κ1) is 12.5. The first-order valence-electron chi connectivity index (χ1n) is 4.46. The zero-order valence-electron chi connectivity index (χ0n) is 8.86. The molecule has 0 aliphatic carbocycles. The Kier molecular flexibility index (Phi) is 3.55. The summed E-state index contributed by atoms with van der Waals surface area (Å²) in [6.07, 6.45) is 5.26. The van der Waals surface area contributed by atoms with Crippen LogP contribution < -0.4 is 4.74 Å². The van der Waals surface area contributed by atoms with E-state index in [9.17, 15) is 10.1 Å². The molecule has 0 bridgehead atoms. The van der Waals surface area contributed by atoms with Gasteiger partial charge in [-0.25, -0.2) is 0 Å². The maximum absolute atomic E-state index is 10.7. The average molecular weight is 284 g/mol. The lowest BCUT2D eigenvalue weighted by atomic mass is 10.1. The number of nitrogens with zero attached hydrogens (tertiary/aromatic N) is 1. The van der Waals surface area contributed by atoms with Gasteiger partial charge in [-0.1, -0.05) is 5.92 Å². The van der Waals surface area contributed by atoms with Gasteiger partial charge in [-0.3, -0.25) is 10.1 Å². The molecule has 0 fully saturated rings. The van der Waals surface area contributed by atoms with Crippen LogP contribution in [-0.2, 0) is 0 Å². The van der Waals surface area contributed by atoms with Crippen molar-refractivity contribution in [2.24, 2.45) is 0 Å². The van der Waals surface area contributed by atoms with E-state index in [2.05, 4.69) is 21.9 Å². The fourth-order valence-corrected chi connectivity index (χ4v) is 1.41. The molecular weight excluding hydrogens is 274 g/mol. The fraction of sp³-hybridized carbons (Fsp3) is 0.273. The normalized spacial score (nSPS) is 10.6. The summed E-state index contributed by atoms with van der Waals surface area (Å²) in [6, 6.07) is 4.51. The van der Waals surface area contributed by atoms with E-state index in [1.807, 2.05) is 0 Å². The summed E-state index contributed by atoms with van der Waals surface area (Å²) in [5.74, 6) is 2.82. The number of nitro groups is 1. The quantitative estimate of drug-likeness (QED) is 0.486. The van der Waals surface area contributed by atoms with Crippen LogP contribution in [0.1, 0.15) is 13.8 Å². The third-order valence-corrected chi connectivity index (χ3v) is 2.51. The number of hydrogen-bond donors (Lipinski definition) is 0. The second-order valence-corrected chi connectivity index (χ2v) is 4.48. The van der Waals surface area contributed by atoms with Crippen molar-refractivity contribution in [2.45, 2.75) is 19.4 Å². The molecule has 0 aliphatic heterocycles. The van der Waals surface area contributed by atoms with E-state index in [-0.39, 0.29) is 5.69 Å². The van der Waals surface area contributed by atoms with E-state index in [4.69, 9.17) is 11.2 Å². The number of terminal acetylenes is 1. The predicted octanol–water partition coefficient (Wildman–Crippen LogP) is 3.15. The lowest BCUT2D eigenvalue weighted by Crippen LogP contribution is -2.25. The maximum atomic E-state index is 10.7. The molecule has 1 aromatic rings. The summed E-state index contributed by atoms with van der Waals surface area (Å²) < 4.78 is 5.84. The zero-order valence-corrected chi connectivity index (χ0v) is 10.4. The second-order valence-electron chi connectivity index (χ2n) is 3.63. The van der Waals surface area contributed by atoms with Gasteiger partial charge in [-0.15, -0.1) is 6.42 Å². The molecule has 5 heteroatoms. The van der Waals surface area contributed by atoms with Crippen LogP contribution in [0.4, 0.5) is 5.69 Å². The van der Waals surface area contributed by atoms with Crippen LogP contribution in [0.3, 0.4) is 0 Å². The van der Waals surface area contributed by atoms with Crippen molar-refractivity contribution in [3.63, 3.8) is 0 Å². The SMILES string of the molecule is C#CC(C)(C)Oc1ccc(Br)c([N+](=O)[O-])c1. The molecule has 16 heavy (non-hydrogen) atoms. The number of nitro benzene ring substituents is 1. The Bertz CT molecular complexity index is 463. The molecular formula is C11H10BrNO3. The summed E-state index contributed by atoms with van der Waals surface area (Å²) in [6.45, 7) is 3.42. The summed E-state index contributed by atoms with van der Waals surface area (Å²) >= 11 is 3.09. The first-order chi connectivity index (χ1) is 7.35. The van der Waals surface area contributed by atoms with Gasteiger partial charge in [0.25, 0.3) is 5.69 Å². The molecule has 0 N–H and O–H groups in total. The minimum atomic E-state index is -0.790. The molecule has 0 aromatic heterocycles. The number of rotatable bonds is 3. The molecule has 0 unspecified atom stereocenters. The zero-order chi connectivity index (χ0) is 12.3. The number of ether oxygens (including phenoxy) is 1. The van der Waals surface area contributed by atoms with E-state index in [1.165, 1.54) is 6.07 Å². The molecule has 1 rings (SSSR count). The fourth-order valence-electron chi connectivity index (χ4n) is 1.02. The topological polar surface area (TPSA) is 52.4 Å². The lowest BCUT2D eigenvalue weighted by molar-refractivity contribution is -0.385. The minimum absolute atomic E-state index is 0.0506. The van der Waals surface area contributed by atoms with Crippen LogP contribution in [0.25, 0.3) is 0 Å². The Labute approximate surface area is 102 Å². The number of benzene rings is 1. The molecule has 0 radical (unpaired) electrons. The molecule has 0 atom stereocenters. The standard InChI is InChI=1S/C11H10BrNO3/c1-4-11(2,3)16-8-5-6-9(12)10(7-8)13(14)15/h1,5-7H,2-3H3. The molecule has 1 aromatic carbocycles. The highest BCUT2D eigenvalue weighted by Gasteiger charge is 2.19. The van der Waals surface area contributed by atoms with Crippen molar-refractivity contribution in [3.05, 3.63) is 32.8 Å². The van der Waals surface area contributed by atoms with Crippen molar-refractivity contribution in [1.82, 2.24) is 0 Å². The van der Waals surface area contributed by atoms with E-state index in [1.54, 1.807) is 26.0 Å². The predicted molar refractivity (Wildman–Crippen MR) is 64.3 cm³/mol. The Balaban J connectivity index is 3.06. The van der Waals surface area contributed by atoms with Crippen molar-refractivity contribution in [3.8, 4) is 18.1 Å². The number of halogens is 1. The highest BCUT2D eigenvalue weighted by atomic mass is 79.9. The highest BCUT2D eigenvalue weighted by Crippen LogP contribution is 2.30. The van der Waals surface area contributed by atoms with Crippen LogP contribution in [0.2, 0.25) is 0 Å². The van der Waals surface area contributed by atoms with Gasteiger partial charge in [0.05, 0.1) is 15.5 Å². The van der Waals surface area contributed by atoms with Gasteiger partial charge in [-0.05, 0) is 41.9 Å². The Morgan fingerprint density at radius 2 is 2.19 bits per heavy atom. The largest absolute Gasteiger partial charge is 0.475 e. The number of hydrogen-bond acceptors (Lipinski definition) is 3. The van der Waals surface area contributed by atoms with Crippen molar-refractivity contribution < 1.29 is 9.66 Å². The van der Waals surface area contributed by atoms with E-state index >= 15 is 0 Å². The first-order valence-corrected chi connectivity index (χ1v) is 5.26. The van der Waals surface area contributed by atoms with Crippen molar-refractivity contribution in [1.29, 1.82) is 0 Å². The van der Waals surface area contributed by atoms with Gasteiger partial charge in [0.15, 0.2) is 5.60 Å². The minimum Gasteiger partial charge on any atom is -0.475 e. The monoisotopic (exact) mass is 283 g/mol. The molecule has 0 saturated heterocycles. The van der Waals surface area contributed by atoms with Crippen LogP contribution in [0, 0.1) is 22.5 Å². The van der Waals surface area contributed by atoms with Crippen LogP contribution in [0.15, 0.2) is 22.7 Å². The molecule has 0 saturated carbocycles. The van der Waals surface area contributed by atoms with Gasteiger partial charge in [0.1, 0.15) is 5.75 Å². The Morgan fingerprint density at radius 1 is 1.56 bits per heavy atom. The molecule has 0 amide bonds. The summed E-state index contributed by atoms with van der Waals surface area (Å²) in [5, 5.41) is 10.7. The van der Waals surface area contributed by atoms with Gasteiger partial charge in [-0.2, -0.15) is 0 Å². The molecule has 0 heterocycles. The van der Waals surface area contributed by atoms with E-state index in [0.717, 1.165) is 0 Å². The van der Waals surface area contributed by atoms with Gasteiger partial charge < -0.3 is 4.74 Å². The highest BCUT2D eigenvalue weighted by molar-refractivity contribution is 9.10. The van der Waals surface area contributed by atoms with Gasteiger partial charge >= 0.3 is 0 Å². The molecule has 0 spiro atoms. The van der Waals surface area contributed by atoms with E-state index in [0.29, 0.717) is 10.2 Å². The molecule has 84 valence electrons. The maximum Gasteiger partial charge on any atom is 0.287 e. The van der Waals surface area contributed by atoms with Gasteiger partial charge in [0, 0.05) is 0 Å². The molecule has 0 aliphatic rings. The summed E-state index contributed by atoms with van der Waals surface area (Å²) in [5.41, 5.74) is -0.841. The summed E-state index contributed by atoms with van der Waals surface area (Å²) in [7, 11) is 0. The smallest absolute Gasteiger partial charge is 0.287 e. The van der Waals surface area contributed by atoms with Crippen molar-refractivity contribution in [2.75, 3.05) is 0 Å². The van der Waals surface area contributed by atoms with Crippen LogP contribution in [-0.4, -0.2) is 10.5 Å². The third-order valence-electron chi connectivity index (χ3n) is 1.83. The van der Waals surface area contributed by atoms with Crippen LogP contribution in [0.5, 0.6) is 5.75 Å². The summed E-state index contributed by atoms with van der Waals surface area (Å²) in [4.78, 5) is 10.2. The van der Waals surface area contributed by atoms with E-state index < -0.39 is 10.5 Å². The molecule has 4 nitrogen and oxygen atoms in total. The second kappa shape index (κ2) is 4.54. The van der Waals surface area contributed by atoms with Crippen molar-refractivity contribution >= 4 is 21.6 Å². The third kappa shape index (κ3) is 2.97. The Morgan fingerprint density at radius 3 is 2.69 bits per heavy atom. The average Bonchev–Trinajstić information content (AvgIpc) is 2.20. The Hall–Kier alpha value is -1.54. The van der Waals surface area contributed by atoms with Gasteiger partial charge in [0.2, 0.25) is 0 Å². The lowest BCUT2D eigenvalue weighted by Gasteiger charge is -2.19. The van der Waals surface area contributed by atoms with Crippen LogP contribution >= 0.6 is 15.9 Å².